The van der Waals surface area contributed by atoms with Crippen LogP contribution in [-0.4, -0.2) is 42.4 Å². The fourth-order valence-corrected chi connectivity index (χ4v) is 3.04. The maximum absolute atomic E-state index is 11.9. The van der Waals surface area contributed by atoms with Gasteiger partial charge in [-0.3, -0.25) is 4.79 Å². The fraction of sp³-hybridized carbons (Fsp3) is 0.500. The van der Waals surface area contributed by atoms with E-state index < -0.39 is 0 Å². The van der Waals surface area contributed by atoms with Crippen molar-refractivity contribution in [2.75, 3.05) is 31.6 Å². The molecular weight excluding hydrogens is 280 g/mol. The van der Waals surface area contributed by atoms with E-state index in [0.717, 1.165) is 13.1 Å². The summed E-state index contributed by atoms with van der Waals surface area (Å²) < 4.78 is 0. The van der Waals surface area contributed by atoms with Gasteiger partial charge in [0.25, 0.3) is 0 Å². The molecule has 1 aromatic rings. The highest BCUT2D eigenvalue weighted by Crippen LogP contribution is 2.32. The molecule has 0 bridgehead atoms. The number of thioether (sulfide) groups is 1. The number of amides is 1. The van der Waals surface area contributed by atoms with Crippen LogP contribution in [0.4, 0.5) is 0 Å². The molecule has 1 fully saturated rings. The average molecular weight is 301 g/mol. The number of rotatable bonds is 4. The third-order valence-corrected chi connectivity index (χ3v) is 4.13. The second-order valence-corrected chi connectivity index (χ2v) is 5.61. The zero-order chi connectivity index (χ0) is 13.0. The Morgan fingerprint density at radius 1 is 1.37 bits per heavy atom. The first-order chi connectivity index (χ1) is 8.76. The van der Waals surface area contributed by atoms with Crippen LogP contribution in [-0.2, 0) is 4.79 Å². The van der Waals surface area contributed by atoms with Gasteiger partial charge in [-0.05, 0) is 24.3 Å². The number of benzene rings is 1. The molecule has 2 N–H and O–H groups in total. The molecule has 3 nitrogen and oxygen atoms in total. The Morgan fingerprint density at radius 2 is 2.05 bits per heavy atom. The Bertz CT molecular complexity index is 402. The lowest BCUT2D eigenvalue weighted by Crippen LogP contribution is -2.31. The smallest absolute Gasteiger partial charge is 0.232 e. The molecule has 1 aliphatic rings. The highest BCUT2D eigenvalue weighted by atomic mass is 35.5. The molecular formula is C14H21ClN2OS. The SMILES string of the molecule is CSCC(=O)N1C[C@@H](CN)[C@H](c2ccccc2)C1.Cl. The molecule has 5 heteroatoms. The lowest BCUT2D eigenvalue weighted by atomic mass is 9.89. The molecule has 0 spiro atoms. The Labute approximate surface area is 125 Å². The van der Waals surface area contributed by atoms with E-state index in [1.54, 1.807) is 11.8 Å². The van der Waals surface area contributed by atoms with Gasteiger partial charge in [0.1, 0.15) is 0 Å². The number of nitrogens with two attached hydrogens (primary N) is 1. The summed E-state index contributed by atoms with van der Waals surface area (Å²) in [6.07, 6.45) is 1.96. The molecule has 0 radical (unpaired) electrons. The Balaban J connectivity index is 0.00000180. The Kier molecular flexibility index (Phi) is 6.69. The van der Waals surface area contributed by atoms with Gasteiger partial charge in [0.2, 0.25) is 5.91 Å². The first-order valence-electron chi connectivity index (χ1n) is 6.28. The van der Waals surface area contributed by atoms with Crippen LogP contribution in [0.5, 0.6) is 0 Å². The molecule has 1 amide bonds. The van der Waals surface area contributed by atoms with Crippen molar-refractivity contribution in [1.29, 1.82) is 0 Å². The van der Waals surface area contributed by atoms with Gasteiger partial charge < -0.3 is 10.6 Å². The maximum Gasteiger partial charge on any atom is 0.232 e. The molecule has 0 unspecified atom stereocenters. The Morgan fingerprint density at radius 3 is 2.63 bits per heavy atom. The summed E-state index contributed by atoms with van der Waals surface area (Å²) in [4.78, 5) is 13.9. The molecule has 0 saturated carbocycles. The first kappa shape index (κ1) is 16.3. The van der Waals surface area contributed by atoms with E-state index >= 15 is 0 Å². The summed E-state index contributed by atoms with van der Waals surface area (Å²) in [5.74, 6) is 1.58. The Hall–Kier alpha value is -0.710. The van der Waals surface area contributed by atoms with Crippen molar-refractivity contribution in [3.8, 4) is 0 Å². The number of carbonyl (C=O) groups excluding carboxylic acids is 1. The fourth-order valence-electron chi connectivity index (χ4n) is 2.61. The topological polar surface area (TPSA) is 46.3 Å². The van der Waals surface area contributed by atoms with Crippen LogP contribution in [0.3, 0.4) is 0 Å². The van der Waals surface area contributed by atoms with Gasteiger partial charge in [-0.2, -0.15) is 11.8 Å². The number of carbonyl (C=O) groups is 1. The zero-order valence-corrected chi connectivity index (χ0v) is 12.8. The number of hydrogen-bond donors (Lipinski definition) is 1. The highest BCUT2D eigenvalue weighted by molar-refractivity contribution is 7.99. The van der Waals surface area contributed by atoms with Gasteiger partial charge in [0, 0.05) is 19.0 Å². The molecule has 19 heavy (non-hydrogen) atoms. The quantitative estimate of drug-likeness (QED) is 0.925. The van der Waals surface area contributed by atoms with Crippen molar-refractivity contribution >= 4 is 30.1 Å². The van der Waals surface area contributed by atoms with Crippen molar-refractivity contribution in [3.63, 3.8) is 0 Å². The maximum atomic E-state index is 11.9. The standard InChI is InChI=1S/C14H20N2OS.ClH/c1-18-10-14(17)16-8-12(7-15)13(9-16)11-5-3-2-4-6-11;/h2-6,12-13H,7-10,15H2,1H3;1H/t12-,13+;/m1./s1. The van der Waals surface area contributed by atoms with E-state index in [1.165, 1.54) is 5.56 Å². The molecule has 106 valence electrons. The predicted octanol–water partition coefficient (Wildman–Crippen LogP) is 1.97. The average Bonchev–Trinajstić information content (AvgIpc) is 2.84. The van der Waals surface area contributed by atoms with E-state index in [-0.39, 0.29) is 18.3 Å². The van der Waals surface area contributed by atoms with Crippen molar-refractivity contribution < 1.29 is 4.79 Å². The summed E-state index contributed by atoms with van der Waals surface area (Å²) >= 11 is 1.58. The van der Waals surface area contributed by atoms with Crippen LogP contribution in [0, 0.1) is 5.92 Å². The molecule has 1 heterocycles. The van der Waals surface area contributed by atoms with Crippen molar-refractivity contribution in [1.82, 2.24) is 4.90 Å². The van der Waals surface area contributed by atoms with Gasteiger partial charge in [0.05, 0.1) is 5.75 Å². The zero-order valence-electron chi connectivity index (χ0n) is 11.1. The third kappa shape index (κ3) is 3.88. The van der Waals surface area contributed by atoms with E-state index in [9.17, 15) is 4.79 Å². The minimum Gasteiger partial charge on any atom is -0.341 e. The lowest BCUT2D eigenvalue weighted by Gasteiger charge is -2.16. The van der Waals surface area contributed by atoms with Crippen LogP contribution in [0.25, 0.3) is 0 Å². The van der Waals surface area contributed by atoms with Crippen molar-refractivity contribution in [2.45, 2.75) is 5.92 Å². The van der Waals surface area contributed by atoms with Crippen LogP contribution in [0.15, 0.2) is 30.3 Å². The molecule has 1 saturated heterocycles. The summed E-state index contributed by atoms with van der Waals surface area (Å²) in [6, 6.07) is 10.4. The molecule has 0 aromatic heterocycles. The first-order valence-corrected chi connectivity index (χ1v) is 7.67. The van der Waals surface area contributed by atoms with Crippen molar-refractivity contribution in [2.24, 2.45) is 11.7 Å². The summed E-state index contributed by atoms with van der Waals surface area (Å²) in [7, 11) is 0. The number of hydrogen-bond acceptors (Lipinski definition) is 3. The molecule has 1 aromatic carbocycles. The molecule has 2 rings (SSSR count). The number of likely N-dealkylation sites (tertiary alicyclic amines) is 1. The van der Waals surface area contributed by atoms with E-state index in [4.69, 9.17) is 5.73 Å². The van der Waals surface area contributed by atoms with Crippen LogP contribution < -0.4 is 5.73 Å². The minimum absolute atomic E-state index is 0. The second kappa shape index (κ2) is 7.78. The molecule has 0 aliphatic carbocycles. The van der Waals surface area contributed by atoms with Crippen LogP contribution >= 0.6 is 24.2 Å². The van der Waals surface area contributed by atoms with Crippen LogP contribution in [0.1, 0.15) is 11.5 Å². The van der Waals surface area contributed by atoms with Gasteiger partial charge >= 0.3 is 0 Å². The van der Waals surface area contributed by atoms with E-state index in [2.05, 4.69) is 24.3 Å². The minimum atomic E-state index is 0. The van der Waals surface area contributed by atoms with Gasteiger partial charge in [0.15, 0.2) is 0 Å². The normalized spacial score (nSPS) is 22.1. The highest BCUT2D eigenvalue weighted by Gasteiger charge is 2.34. The lowest BCUT2D eigenvalue weighted by molar-refractivity contribution is -0.127. The van der Waals surface area contributed by atoms with E-state index in [1.807, 2.05) is 17.2 Å². The van der Waals surface area contributed by atoms with Gasteiger partial charge in [-0.1, -0.05) is 30.3 Å². The second-order valence-electron chi connectivity index (χ2n) is 4.74. The summed E-state index contributed by atoms with van der Waals surface area (Å²) in [5.41, 5.74) is 7.15. The van der Waals surface area contributed by atoms with Crippen LogP contribution in [0.2, 0.25) is 0 Å². The van der Waals surface area contributed by atoms with Gasteiger partial charge in [-0.15, -0.1) is 12.4 Å². The molecule has 2 atom stereocenters. The van der Waals surface area contributed by atoms with Crippen molar-refractivity contribution in [3.05, 3.63) is 35.9 Å². The summed E-state index contributed by atoms with van der Waals surface area (Å²) in [5, 5.41) is 0. The predicted molar refractivity (Wildman–Crippen MR) is 83.9 cm³/mol. The van der Waals surface area contributed by atoms with E-state index in [0.29, 0.717) is 24.1 Å². The number of halogens is 1. The summed E-state index contributed by atoms with van der Waals surface area (Å²) in [6.45, 7) is 2.25. The number of nitrogens with zero attached hydrogens (tertiary/aromatic N) is 1. The largest absolute Gasteiger partial charge is 0.341 e. The molecule has 1 aliphatic heterocycles. The monoisotopic (exact) mass is 300 g/mol. The third-order valence-electron chi connectivity index (χ3n) is 3.59. The van der Waals surface area contributed by atoms with Gasteiger partial charge in [-0.25, -0.2) is 0 Å².